The molecule has 154 valence electrons. The number of methoxy groups -OCH3 is 1. The van der Waals surface area contributed by atoms with Crippen molar-refractivity contribution >= 4 is 17.5 Å². The van der Waals surface area contributed by atoms with Crippen molar-refractivity contribution in [1.29, 1.82) is 0 Å². The standard InChI is InChI=1S/C23H27ClN2O3/c1-28-22-6-4-5-19-20(22)11-14-26(21(19)15-25-12-2-3-13-25)23(27)16-29-18-9-7-17(24)8-10-18/h4-10,21H,2-3,11-16H2,1H3. The van der Waals surface area contributed by atoms with Crippen molar-refractivity contribution in [2.24, 2.45) is 0 Å². The third kappa shape index (κ3) is 4.51. The average Bonchev–Trinajstić information content (AvgIpc) is 3.26. The molecule has 0 radical (unpaired) electrons. The maximum atomic E-state index is 13.1. The lowest BCUT2D eigenvalue weighted by Gasteiger charge is -2.39. The average molecular weight is 415 g/mol. The summed E-state index contributed by atoms with van der Waals surface area (Å²) in [7, 11) is 1.71. The number of benzene rings is 2. The first-order valence-electron chi connectivity index (χ1n) is 10.2. The van der Waals surface area contributed by atoms with Crippen LogP contribution in [0.2, 0.25) is 5.02 Å². The van der Waals surface area contributed by atoms with Gasteiger partial charge in [0.1, 0.15) is 11.5 Å². The summed E-state index contributed by atoms with van der Waals surface area (Å²) >= 11 is 5.92. The van der Waals surface area contributed by atoms with Crippen molar-refractivity contribution < 1.29 is 14.3 Å². The molecule has 0 bridgehead atoms. The number of carbonyl (C=O) groups is 1. The van der Waals surface area contributed by atoms with Gasteiger partial charge in [-0.3, -0.25) is 4.79 Å². The first kappa shape index (κ1) is 20.0. The largest absolute Gasteiger partial charge is 0.496 e. The van der Waals surface area contributed by atoms with E-state index < -0.39 is 0 Å². The number of hydrogen-bond acceptors (Lipinski definition) is 4. The van der Waals surface area contributed by atoms with Crippen molar-refractivity contribution in [2.45, 2.75) is 25.3 Å². The highest BCUT2D eigenvalue weighted by Crippen LogP contribution is 2.36. The molecule has 2 aliphatic heterocycles. The summed E-state index contributed by atoms with van der Waals surface area (Å²) in [6.07, 6.45) is 3.25. The normalized spacial score (nSPS) is 19.1. The van der Waals surface area contributed by atoms with Gasteiger partial charge in [0.2, 0.25) is 0 Å². The molecule has 0 aromatic heterocycles. The Kier molecular flexibility index (Phi) is 6.26. The number of nitrogens with zero attached hydrogens (tertiary/aromatic N) is 2. The smallest absolute Gasteiger partial charge is 0.261 e. The molecular weight excluding hydrogens is 388 g/mol. The SMILES string of the molecule is COc1cccc2c1CCN(C(=O)COc1ccc(Cl)cc1)C2CN1CCCC1. The van der Waals surface area contributed by atoms with Crippen LogP contribution in [0.5, 0.6) is 11.5 Å². The van der Waals surface area contributed by atoms with E-state index in [-0.39, 0.29) is 18.6 Å². The number of fused-ring (bicyclic) bond motifs is 1. The first-order chi connectivity index (χ1) is 14.2. The van der Waals surface area contributed by atoms with E-state index in [1.165, 1.54) is 24.0 Å². The molecule has 0 N–H and O–H groups in total. The van der Waals surface area contributed by atoms with Gasteiger partial charge in [-0.05, 0) is 68.2 Å². The van der Waals surface area contributed by atoms with Crippen LogP contribution in [0, 0.1) is 0 Å². The van der Waals surface area contributed by atoms with Gasteiger partial charge in [-0.15, -0.1) is 0 Å². The molecule has 1 atom stereocenters. The van der Waals surface area contributed by atoms with Crippen molar-refractivity contribution in [3.8, 4) is 11.5 Å². The third-order valence-electron chi connectivity index (χ3n) is 5.85. The lowest BCUT2D eigenvalue weighted by atomic mass is 9.91. The Balaban J connectivity index is 1.53. The zero-order chi connectivity index (χ0) is 20.2. The summed E-state index contributed by atoms with van der Waals surface area (Å²) in [5.41, 5.74) is 2.42. The Morgan fingerprint density at radius 3 is 2.59 bits per heavy atom. The van der Waals surface area contributed by atoms with E-state index in [0.29, 0.717) is 17.3 Å². The molecule has 2 aliphatic rings. The number of carbonyl (C=O) groups excluding carboxylic acids is 1. The van der Waals surface area contributed by atoms with Crippen LogP contribution in [0.3, 0.4) is 0 Å². The lowest BCUT2D eigenvalue weighted by Crippen LogP contribution is -2.46. The fourth-order valence-corrected chi connectivity index (χ4v) is 4.50. The molecule has 29 heavy (non-hydrogen) atoms. The predicted molar refractivity (Wildman–Crippen MR) is 114 cm³/mol. The second-order valence-electron chi connectivity index (χ2n) is 7.63. The zero-order valence-corrected chi connectivity index (χ0v) is 17.5. The second kappa shape index (κ2) is 9.06. The molecule has 1 amide bonds. The Labute approximate surface area is 177 Å². The van der Waals surface area contributed by atoms with Crippen LogP contribution >= 0.6 is 11.6 Å². The molecule has 0 spiro atoms. The number of hydrogen-bond donors (Lipinski definition) is 0. The van der Waals surface area contributed by atoms with Crippen LogP contribution < -0.4 is 9.47 Å². The molecule has 6 heteroatoms. The lowest BCUT2D eigenvalue weighted by molar-refractivity contribution is -0.136. The van der Waals surface area contributed by atoms with Crippen molar-refractivity contribution in [1.82, 2.24) is 9.80 Å². The summed E-state index contributed by atoms with van der Waals surface area (Å²) in [4.78, 5) is 17.6. The van der Waals surface area contributed by atoms with Gasteiger partial charge in [-0.25, -0.2) is 0 Å². The summed E-state index contributed by atoms with van der Waals surface area (Å²) in [5, 5.41) is 0.649. The van der Waals surface area contributed by atoms with Crippen molar-refractivity contribution in [2.75, 3.05) is 39.9 Å². The number of amides is 1. The van der Waals surface area contributed by atoms with E-state index in [0.717, 1.165) is 31.8 Å². The van der Waals surface area contributed by atoms with Crippen LogP contribution in [-0.4, -0.2) is 55.6 Å². The summed E-state index contributed by atoms with van der Waals surface area (Å²) in [6, 6.07) is 13.3. The highest BCUT2D eigenvalue weighted by molar-refractivity contribution is 6.30. The molecule has 0 aliphatic carbocycles. The minimum absolute atomic E-state index is 0.0117. The van der Waals surface area contributed by atoms with Gasteiger partial charge >= 0.3 is 0 Å². The van der Waals surface area contributed by atoms with Gasteiger partial charge in [0.15, 0.2) is 6.61 Å². The fourth-order valence-electron chi connectivity index (χ4n) is 4.37. The highest BCUT2D eigenvalue weighted by Gasteiger charge is 2.34. The van der Waals surface area contributed by atoms with E-state index in [2.05, 4.69) is 11.0 Å². The fraction of sp³-hybridized carbons (Fsp3) is 0.435. The number of likely N-dealkylation sites (tertiary alicyclic amines) is 1. The maximum Gasteiger partial charge on any atom is 0.261 e. The van der Waals surface area contributed by atoms with Crippen LogP contribution in [0.15, 0.2) is 42.5 Å². The first-order valence-corrected chi connectivity index (χ1v) is 10.6. The predicted octanol–water partition coefficient (Wildman–Crippen LogP) is 3.95. The van der Waals surface area contributed by atoms with Crippen LogP contribution in [0.1, 0.15) is 30.0 Å². The monoisotopic (exact) mass is 414 g/mol. The van der Waals surface area contributed by atoms with Gasteiger partial charge in [-0.2, -0.15) is 0 Å². The van der Waals surface area contributed by atoms with E-state index in [4.69, 9.17) is 21.1 Å². The van der Waals surface area contributed by atoms with Gasteiger partial charge in [0.25, 0.3) is 5.91 Å². The van der Waals surface area contributed by atoms with Crippen LogP contribution in [0.25, 0.3) is 0 Å². The zero-order valence-electron chi connectivity index (χ0n) is 16.8. The Morgan fingerprint density at radius 2 is 1.86 bits per heavy atom. The van der Waals surface area contributed by atoms with Crippen LogP contribution in [-0.2, 0) is 11.2 Å². The second-order valence-corrected chi connectivity index (χ2v) is 8.07. The molecule has 2 aromatic carbocycles. The van der Waals surface area contributed by atoms with Crippen molar-refractivity contribution in [3.05, 3.63) is 58.6 Å². The Morgan fingerprint density at radius 1 is 1.10 bits per heavy atom. The van der Waals surface area contributed by atoms with E-state index in [1.807, 2.05) is 17.0 Å². The summed E-state index contributed by atoms with van der Waals surface area (Å²) in [6.45, 7) is 3.75. The van der Waals surface area contributed by atoms with Gasteiger partial charge in [0.05, 0.1) is 13.2 Å². The van der Waals surface area contributed by atoms with Gasteiger partial charge < -0.3 is 19.3 Å². The molecule has 2 heterocycles. The minimum Gasteiger partial charge on any atom is -0.496 e. The molecule has 2 aromatic rings. The topological polar surface area (TPSA) is 42.0 Å². The molecule has 1 saturated heterocycles. The summed E-state index contributed by atoms with van der Waals surface area (Å²) in [5.74, 6) is 1.58. The van der Waals surface area contributed by atoms with E-state index >= 15 is 0 Å². The molecular formula is C23H27ClN2O3. The van der Waals surface area contributed by atoms with Crippen LogP contribution in [0.4, 0.5) is 0 Å². The minimum atomic E-state index is 0.0117. The van der Waals surface area contributed by atoms with E-state index in [1.54, 1.807) is 31.4 Å². The third-order valence-corrected chi connectivity index (χ3v) is 6.11. The summed E-state index contributed by atoms with van der Waals surface area (Å²) < 4.78 is 11.3. The molecule has 0 saturated carbocycles. The molecule has 4 rings (SSSR count). The highest BCUT2D eigenvalue weighted by atomic mass is 35.5. The molecule has 1 fully saturated rings. The Hall–Kier alpha value is -2.24. The Bertz CT molecular complexity index is 850. The molecule has 5 nitrogen and oxygen atoms in total. The number of ether oxygens (including phenoxy) is 2. The van der Waals surface area contributed by atoms with Gasteiger partial charge in [-0.1, -0.05) is 23.7 Å². The van der Waals surface area contributed by atoms with Gasteiger partial charge in [0, 0.05) is 23.7 Å². The quantitative estimate of drug-likeness (QED) is 0.717. The maximum absolute atomic E-state index is 13.1. The van der Waals surface area contributed by atoms with E-state index in [9.17, 15) is 4.79 Å². The molecule has 1 unspecified atom stereocenters. The van der Waals surface area contributed by atoms with Crippen molar-refractivity contribution in [3.63, 3.8) is 0 Å². The number of rotatable bonds is 6. The number of halogens is 1.